The first-order valence-electron chi connectivity index (χ1n) is 5.22. The van der Waals surface area contributed by atoms with Gasteiger partial charge >= 0.3 is 0 Å². The molecule has 0 aliphatic heterocycles. The molecule has 2 aromatic carbocycles. The summed E-state index contributed by atoms with van der Waals surface area (Å²) in [4.78, 5) is 12.2. The highest BCUT2D eigenvalue weighted by Gasteiger charge is 2.12. The number of amides is 1. The van der Waals surface area contributed by atoms with Crippen LogP contribution in [0.5, 0.6) is 5.75 Å². The van der Waals surface area contributed by atoms with E-state index in [-0.39, 0.29) is 16.7 Å². The van der Waals surface area contributed by atoms with Gasteiger partial charge in [-0.1, -0.05) is 11.6 Å². The van der Waals surface area contributed by atoms with E-state index in [0.29, 0.717) is 15.7 Å². The zero-order chi connectivity index (χ0) is 14.0. The van der Waals surface area contributed by atoms with E-state index in [1.807, 2.05) is 12.1 Å². The number of carbonyl (C=O) groups excluding carboxylic acids is 1. The van der Waals surface area contributed by atoms with Crippen LogP contribution in [0.15, 0.2) is 40.9 Å². The number of hydrogen-bond donors (Lipinski definition) is 2. The largest absolute Gasteiger partial charge is 0.508 e. The Bertz CT molecular complexity index is 649. The molecule has 0 unspecified atom stereocenters. The van der Waals surface area contributed by atoms with Crippen LogP contribution in [0.2, 0.25) is 5.02 Å². The molecule has 0 aliphatic carbocycles. The van der Waals surface area contributed by atoms with Gasteiger partial charge in [0.2, 0.25) is 0 Å². The van der Waals surface area contributed by atoms with E-state index in [9.17, 15) is 9.90 Å². The topological polar surface area (TPSA) is 49.3 Å². The molecule has 0 saturated heterocycles. The SMILES string of the molecule is O=C(Nc1ccc(O)cc1Cl)c1cc(I)ccc1Br. The van der Waals surface area contributed by atoms with Gasteiger partial charge in [-0.15, -0.1) is 0 Å². The van der Waals surface area contributed by atoms with Crippen LogP contribution in [0.4, 0.5) is 5.69 Å². The molecule has 0 aromatic heterocycles. The summed E-state index contributed by atoms with van der Waals surface area (Å²) in [5.41, 5.74) is 0.978. The summed E-state index contributed by atoms with van der Waals surface area (Å²) in [7, 11) is 0. The lowest BCUT2D eigenvalue weighted by atomic mass is 10.2. The van der Waals surface area contributed by atoms with Crippen LogP contribution in [0.1, 0.15) is 10.4 Å². The van der Waals surface area contributed by atoms with Gasteiger partial charge in [0.15, 0.2) is 0 Å². The van der Waals surface area contributed by atoms with Gasteiger partial charge in [0, 0.05) is 14.1 Å². The van der Waals surface area contributed by atoms with E-state index < -0.39 is 0 Å². The predicted molar refractivity (Wildman–Crippen MR) is 87.9 cm³/mol. The van der Waals surface area contributed by atoms with Crippen molar-refractivity contribution in [3.8, 4) is 5.75 Å². The van der Waals surface area contributed by atoms with E-state index in [1.165, 1.54) is 12.1 Å². The number of benzene rings is 2. The van der Waals surface area contributed by atoms with Gasteiger partial charge in [0.1, 0.15) is 5.75 Å². The molecular weight excluding hydrogens is 444 g/mol. The third-order valence-electron chi connectivity index (χ3n) is 2.37. The van der Waals surface area contributed by atoms with Crippen molar-refractivity contribution in [1.29, 1.82) is 0 Å². The highest BCUT2D eigenvalue weighted by atomic mass is 127. The second kappa shape index (κ2) is 6.11. The van der Waals surface area contributed by atoms with Gasteiger partial charge in [-0.2, -0.15) is 0 Å². The Hall–Kier alpha value is -0.790. The summed E-state index contributed by atoms with van der Waals surface area (Å²) in [6.45, 7) is 0. The molecule has 6 heteroatoms. The molecule has 0 bridgehead atoms. The van der Waals surface area contributed by atoms with Gasteiger partial charge in [0.25, 0.3) is 5.91 Å². The van der Waals surface area contributed by atoms with Crippen LogP contribution >= 0.6 is 50.1 Å². The van der Waals surface area contributed by atoms with Crippen LogP contribution in [0.3, 0.4) is 0 Å². The zero-order valence-corrected chi connectivity index (χ0v) is 14.0. The normalized spacial score (nSPS) is 10.3. The summed E-state index contributed by atoms with van der Waals surface area (Å²) in [6, 6.07) is 9.88. The molecule has 0 saturated carbocycles. The Kier molecular flexibility index (Phi) is 4.70. The highest BCUT2D eigenvalue weighted by molar-refractivity contribution is 14.1. The summed E-state index contributed by atoms with van der Waals surface area (Å²) in [5.74, 6) is -0.212. The molecule has 0 heterocycles. The number of phenols is 1. The maximum Gasteiger partial charge on any atom is 0.256 e. The summed E-state index contributed by atoms with van der Waals surface area (Å²) in [5, 5.41) is 12.3. The van der Waals surface area contributed by atoms with Crippen molar-refractivity contribution >= 4 is 61.7 Å². The second-order valence-corrected chi connectivity index (χ2v) is 6.25. The zero-order valence-electron chi connectivity index (χ0n) is 9.45. The molecule has 0 aliphatic rings. The maximum absolute atomic E-state index is 12.2. The van der Waals surface area contributed by atoms with Crippen LogP contribution in [-0.4, -0.2) is 11.0 Å². The number of hydrogen-bond acceptors (Lipinski definition) is 2. The Balaban J connectivity index is 2.28. The number of anilines is 1. The summed E-state index contributed by atoms with van der Waals surface area (Å²) in [6.07, 6.45) is 0. The number of rotatable bonds is 2. The third kappa shape index (κ3) is 3.61. The Morgan fingerprint density at radius 2 is 2.00 bits per heavy atom. The first-order chi connectivity index (χ1) is 8.97. The van der Waals surface area contributed by atoms with Crippen molar-refractivity contribution in [2.75, 3.05) is 5.32 Å². The monoisotopic (exact) mass is 451 g/mol. The molecule has 98 valence electrons. The minimum atomic E-state index is -0.266. The average Bonchev–Trinajstić information content (AvgIpc) is 2.35. The summed E-state index contributed by atoms with van der Waals surface area (Å²) < 4.78 is 1.67. The lowest BCUT2D eigenvalue weighted by molar-refractivity contribution is 0.102. The molecule has 0 fully saturated rings. The summed E-state index contributed by atoms with van der Waals surface area (Å²) >= 11 is 11.4. The number of phenolic OH excluding ortho intramolecular Hbond substituents is 1. The molecule has 0 atom stereocenters. The molecule has 2 rings (SSSR count). The van der Waals surface area contributed by atoms with Crippen molar-refractivity contribution in [3.63, 3.8) is 0 Å². The molecule has 2 aromatic rings. The van der Waals surface area contributed by atoms with Gasteiger partial charge in [0.05, 0.1) is 16.3 Å². The van der Waals surface area contributed by atoms with Crippen molar-refractivity contribution in [2.45, 2.75) is 0 Å². The van der Waals surface area contributed by atoms with E-state index >= 15 is 0 Å². The lowest BCUT2D eigenvalue weighted by Crippen LogP contribution is -2.13. The minimum absolute atomic E-state index is 0.0541. The van der Waals surface area contributed by atoms with Gasteiger partial charge < -0.3 is 10.4 Å². The predicted octanol–water partition coefficient (Wildman–Crippen LogP) is 4.67. The quantitative estimate of drug-likeness (QED) is 0.514. The van der Waals surface area contributed by atoms with E-state index in [0.717, 1.165) is 3.57 Å². The van der Waals surface area contributed by atoms with Crippen molar-refractivity contribution in [1.82, 2.24) is 0 Å². The van der Waals surface area contributed by atoms with Gasteiger partial charge in [-0.25, -0.2) is 0 Å². The van der Waals surface area contributed by atoms with Crippen LogP contribution in [-0.2, 0) is 0 Å². The first-order valence-corrected chi connectivity index (χ1v) is 7.47. The minimum Gasteiger partial charge on any atom is -0.508 e. The fraction of sp³-hybridized carbons (Fsp3) is 0. The number of halogens is 3. The Labute approximate surface area is 137 Å². The van der Waals surface area contributed by atoms with Crippen LogP contribution in [0, 0.1) is 3.57 Å². The fourth-order valence-corrected chi connectivity index (χ4v) is 2.61. The second-order valence-electron chi connectivity index (χ2n) is 3.74. The van der Waals surface area contributed by atoms with E-state index in [4.69, 9.17) is 11.6 Å². The average molecular weight is 452 g/mol. The number of carbonyl (C=O) groups is 1. The number of nitrogens with one attached hydrogen (secondary N) is 1. The highest BCUT2D eigenvalue weighted by Crippen LogP contribution is 2.27. The van der Waals surface area contributed by atoms with Crippen molar-refractivity contribution in [2.24, 2.45) is 0 Å². The number of aromatic hydroxyl groups is 1. The van der Waals surface area contributed by atoms with Crippen molar-refractivity contribution < 1.29 is 9.90 Å². The first kappa shape index (κ1) is 14.6. The molecule has 19 heavy (non-hydrogen) atoms. The molecule has 1 amide bonds. The Morgan fingerprint density at radius 3 is 2.68 bits per heavy atom. The van der Waals surface area contributed by atoms with Crippen LogP contribution < -0.4 is 5.32 Å². The standard InChI is InChI=1S/C13H8BrClINO2/c14-10-3-1-7(16)5-9(10)13(19)17-12-4-2-8(18)6-11(12)15/h1-6,18H,(H,17,19). The maximum atomic E-state index is 12.2. The fourth-order valence-electron chi connectivity index (χ4n) is 1.47. The van der Waals surface area contributed by atoms with E-state index in [2.05, 4.69) is 43.8 Å². The molecular formula is C13H8BrClINO2. The molecule has 3 nitrogen and oxygen atoms in total. The van der Waals surface area contributed by atoms with E-state index in [1.54, 1.807) is 12.1 Å². The lowest BCUT2D eigenvalue weighted by Gasteiger charge is -2.09. The Morgan fingerprint density at radius 1 is 1.26 bits per heavy atom. The smallest absolute Gasteiger partial charge is 0.256 e. The molecule has 0 radical (unpaired) electrons. The van der Waals surface area contributed by atoms with Crippen molar-refractivity contribution in [3.05, 3.63) is 55.0 Å². The molecule has 0 spiro atoms. The third-order valence-corrected chi connectivity index (χ3v) is 4.05. The molecule has 2 N–H and O–H groups in total. The van der Waals surface area contributed by atoms with Gasteiger partial charge in [-0.05, 0) is 68.9 Å². The van der Waals surface area contributed by atoms with Crippen LogP contribution in [0.25, 0.3) is 0 Å². The van der Waals surface area contributed by atoms with Gasteiger partial charge in [-0.3, -0.25) is 4.79 Å².